The summed E-state index contributed by atoms with van der Waals surface area (Å²) in [5, 5.41) is 3.78. The Kier molecular flexibility index (Phi) is 5.63. The van der Waals surface area contributed by atoms with Crippen molar-refractivity contribution >= 4 is 32.3 Å². The smallest absolute Gasteiger partial charge is 0.128 e. The predicted octanol–water partition coefficient (Wildman–Crippen LogP) is 9.99. The van der Waals surface area contributed by atoms with E-state index in [1.54, 1.807) is 6.33 Å². The molecule has 1 aliphatic carbocycles. The van der Waals surface area contributed by atoms with E-state index in [0.717, 1.165) is 23.4 Å². The Balaban J connectivity index is 1.63. The summed E-state index contributed by atoms with van der Waals surface area (Å²) in [6.45, 7) is 18.8. The first-order chi connectivity index (χ1) is 17.8. The fourth-order valence-electron chi connectivity index (χ4n) is 6.35. The molecule has 38 heavy (non-hydrogen) atoms. The van der Waals surface area contributed by atoms with Crippen molar-refractivity contribution in [1.82, 2.24) is 9.97 Å². The normalized spacial score (nSPS) is 14.7. The van der Waals surface area contributed by atoms with Crippen LogP contribution in [-0.2, 0) is 18.3 Å². The Morgan fingerprint density at radius 1 is 0.763 bits per heavy atom. The van der Waals surface area contributed by atoms with Crippen LogP contribution < -0.4 is 0 Å². The van der Waals surface area contributed by atoms with Crippen LogP contribution in [0.1, 0.15) is 77.6 Å². The van der Waals surface area contributed by atoms with Gasteiger partial charge in [-0.1, -0.05) is 97.9 Å². The Morgan fingerprint density at radius 3 is 1.97 bits per heavy atom. The number of nitrogens with zero attached hydrogens (tertiary/aromatic N) is 2. The maximum absolute atomic E-state index is 4.89. The van der Waals surface area contributed by atoms with Gasteiger partial charge in [-0.2, -0.15) is 0 Å². The van der Waals surface area contributed by atoms with E-state index in [0.29, 0.717) is 0 Å². The molecule has 0 amide bonds. The molecule has 6 rings (SSSR count). The first-order valence-electron chi connectivity index (χ1n) is 13.8. The highest BCUT2D eigenvalue weighted by molar-refractivity contribution is 7.22. The first-order valence-corrected chi connectivity index (χ1v) is 14.6. The number of hydrogen-bond donors (Lipinski definition) is 0. The minimum atomic E-state index is -0.172. The van der Waals surface area contributed by atoms with Crippen LogP contribution in [0.5, 0.6) is 0 Å². The zero-order chi connectivity index (χ0) is 27.0. The molecule has 2 aromatic heterocycles. The van der Waals surface area contributed by atoms with Gasteiger partial charge in [0.05, 0.1) is 5.69 Å². The monoisotopic (exact) mass is 518 g/mol. The van der Waals surface area contributed by atoms with E-state index >= 15 is 0 Å². The van der Waals surface area contributed by atoms with Gasteiger partial charge in [-0.05, 0) is 74.4 Å². The molecular weight excluding hydrogens is 480 g/mol. The zero-order valence-electron chi connectivity index (χ0n) is 24.0. The molecule has 1 aliphatic rings. The fourth-order valence-corrected chi connectivity index (χ4v) is 7.64. The van der Waals surface area contributed by atoms with Gasteiger partial charge >= 0.3 is 0 Å². The molecule has 0 N–H and O–H groups in total. The van der Waals surface area contributed by atoms with E-state index in [2.05, 4.69) is 110 Å². The molecule has 3 heteroatoms. The molecule has 0 radical (unpaired) electrons. The molecule has 0 bridgehead atoms. The average Bonchev–Trinajstić information content (AvgIpc) is 3.21. The van der Waals surface area contributed by atoms with Gasteiger partial charge in [0.15, 0.2) is 0 Å². The molecule has 0 aliphatic heterocycles. The molecule has 0 fully saturated rings. The Hall–Kier alpha value is -3.04. The van der Waals surface area contributed by atoms with Gasteiger partial charge in [-0.15, -0.1) is 11.3 Å². The van der Waals surface area contributed by atoms with Gasteiger partial charge in [-0.3, -0.25) is 0 Å². The molecule has 0 saturated heterocycles. The van der Waals surface area contributed by atoms with Crippen molar-refractivity contribution in [2.75, 3.05) is 0 Å². The van der Waals surface area contributed by atoms with Crippen LogP contribution in [0.4, 0.5) is 0 Å². The fraction of sp³-hybridized carbons (Fsp3) is 0.371. The zero-order valence-corrected chi connectivity index (χ0v) is 24.8. The molecule has 3 aromatic carbocycles. The summed E-state index contributed by atoms with van der Waals surface area (Å²) in [6.07, 6.45) is 3.86. The number of aromatic nitrogens is 2. The summed E-state index contributed by atoms with van der Waals surface area (Å²) in [5.74, 6) is 0. The van der Waals surface area contributed by atoms with Gasteiger partial charge in [-0.25, -0.2) is 9.97 Å². The predicted molar refractivity (Wildman–Crippen MR) is 164 cm³/mol. The maximum atomic E-state index is 4.89. The van der Waals surface area contributed by atoms with Crippen LogP contribution in [0.15, 0.2) is 60.9 Å². The molecule has 0 spiro atoms. The lowest BCUT2D eigenvalue weighted by molar-refractivity contribution is 0.406. The maximum Gasteiger partial charge on any atom is 0.128 e. The number of fused-ring (bicyclic) bond motifs is 3. The second-order valence-electron chi connectivity index (χ2n) is 14.1. The highest BCUT2D eigenvalue weighted by Gasteiger charge is 2.38. The molecule has 0 unspecified atom stereocenters. The molecular formula is C35H38N2S. The summed E-state index contributed by atoms with van der Waals surface area (Å²) in [5.41, 5.74) is 9.50. The van der Waals surface area contributed by atoms with Crippen molar-refractivity contribution in [3.05, 3.63) is 83.2 Å². The lowest BCUT2D eigenvalue weighted by Gasteiger charge is -2.34. The van der Waals surface area contributed by atoms with E-state index in [1.807, 2.05) is 11.3 Å². The Labute approximate surface area is 231 Å². The van der Waals surface area contributed by atoms with Gasteiger partial charge < -0.3 is 0 Å². The van der Waals surface area contributed by atoms with Crippen molar-refractivity contribution in [1.29, 1.82) is 0 Å². The van der Waals surface area contributed by atoms with E-state index in [9.17, 15) is 0 Å². The van der Waals surface area contributed by atoms with Gasteiger partial charge in [0, 0.05) is 21.2 Å². The van der Waals surface area contributed by atoms with E-state index in [-0.39, 0.29) is 16.2 Å². The van der Waals surface area contributed by atoms with E-state index in [1.165, 1.54) is 54.4 Å². The summed E-state index contributed by atoms with van der Waals surface area (Å²) in [4.78, 5) is 12.1. The Bertz CT molecular complexity index is 1670. The van der Waals surface area contributed by atoms with Crippen molar-refractivity contribution < 1.29 is 0 Å². The number of rotatable bonds is 3. The van der Waals surface area contributed by atoms with Crippen LogP contribution in [0.3, 0.4) is 0 Å². The number of benzene rings is 3. The first kappa shape index (κ1) is 25.2. The van der Waals surface area contributed by atoms with E-state index < -0.39 is 0 Å². The topological polar surface area (TPSA) is 25.8 Å². The highest BCUT2D eigenvalue weighted by Crippen LogP contribution is 2.55. The third kappa shape index (κ3) is 4.35. The highest BCUT2D eigenvalue weighted by atomic mass is 32.1. The standard InChI is InChI=1S/C35H38N2S/c1-33(2,3)18-21-13-22(19-34(4,5)6)15-25(14-21)31-29-28-30(36-20-37-32(28)38-31)26-16-23-11-9-10-12-24(23)17-27(26)35(29,7)8/h9-17,20H,18-19H2,1-8H3. The lowest BCUT2D eigenvalue weighted by atomic mass is 9.69. The van der Waals surface area contributed by atoms with Crippen LogP contribution in [0, 0.1) is 10.8 Å². The molecule has 5 aromatic rings. The van der Waals surface area contributed by atoms with Gasteiger partial charge in [0.1, 0.15) is 11.2 Å². The third-order valence-corrected chi connectivity index (χ3v) is 8.86. The van der Waals surface area contributed by atoms with Gasteiger partial charge in [0.25, 0.3) is 0 Å². The van der Waals surface area contributed by atoms with Gasteiger partial charge in [0.2, 0.25) is 0 Å². The summed E-state index contributed by atoms with van der Waals surface area (Å²) < 4.78 is 0. The SMILES string of the molecule is CC(C)(C)Cc1cc(CC(C)(C)C)cc(-c2sc3ncnc4c3c2C(C)(C)c2cc3ccccc3cc2-4)c1. The minimum absolute atomic E-state index is 0.172. The molecule has 2 nitrogen and oxygen atoms in total. The summed E-state index contributed by atoms with van der Waals surface area (Å²) in [6, 6.07) is 20.7. The van der Waals surface area contributed by atoms with Crippen molar-refractivity contribution in [3.8, 4) is 21.7 Å². The van der Waals surface area contributed by atoms with Crippen LogP contribution in [-0.4, -0.2) is 9.97 Å². The second kappa shape index (κ2) is 8.48. The molecule has 2 heterocycles. The van der Waals surface area contributed by atoms with Crippen molar-refractivity contribution in [2.24, 2.45) is 10.8 Å². The van der Waals surface area contributed by atoms with Crippen molar-refractivity contribution in [2.45, 2.75) is 73.6 Å². The molecule has 194 valence electrons. The Morgan fingerprint density at radius 2 is 1.37 bits per heavy atom. The lowest BCUT2D eigenvalue weighted by Crippen LogP contribution is -2.24. The second-order valence-corrected chi connectivity index (χ2v) is 15.1. The quantitative estimate of drug-likeness (QED) is 0.237. The molecule has 0 atom stereocenters. The largest absolute Gasteiger partial charge is 0.236 e. The minimum Gasteiger partial charge on any atom is -0.236 e. The average molecular weight is 519 g/mol. The summed E-state index contributed by atoms with van der Waals surface area (Å²) >= 11 is 1.84. The number of hydrogen-bond acceptors (Lipinski definition) is 3. The van der Waals surface area contributed by atoms with E-state index in [4.69, 9.17) is 9.97 Å². The van der Waals surface area contributed by atoms with Crippen LogP contribution in [0.25, 0.3) is 42.7 Å². The van der Waals surface area contributed by atoms with Crippen LogP contribution >= 0.6 is 11.3 Å². The summed E-state index contributed by atoms with van der Waals surface area (Å²) in [7, 11) is 0. The van der Waals surface area contributed by atoms with Crippen molar-refractivity contribution in [3.63, 3.8) is 0 Å². The van der Waals surface area contributed by atoms with Crippen LogP contribution in [0.2, 0.25) is 0 Å². The third-order valence-electron chi connectivity index (χ3n) is 7.71. The molecule has 0 saturated carbocycles. The number of thiophene rings is 1.